The average molecular weight is 517 g/mol. The minimum absolute atomic E-state index is 0.106. The molecule has 1 saturated heterocycles. The van der Waals surface area contributed by atoms with Gasteiger partial charge < -0.3 is 4.90 Å². The number of amides is 4. The van der Waals surface area contributed by atoms with Crippen molar-refractivity contribution < 1.29 is 28.0 Å². The van der Waals surface area contributed by atoms with E-state index < -0.39 is 39.7 Å². The predicted molar refractivity (Wildman–Crippen MR) is 130 cm³/mol. The number of rotatable bonds is 9. The molecule has 184 valence electrons. The maximum absolute atomic E-state index is 13.7. The molecule has 4 rings (SSSR count). The molecule has 1 atom stereocenters. The fourth-order valence-corrected chi connectivity index (χ4v) is 6.50. The standard InChI is InChI=1S/C23H24N4O6S2/c1-25-14-20(28)26(23(25)30)10-11-27(21(22(29)24-31)17-5-3-2-4-6-17)35(32,33)15-16-7-8-19-18(13-16)9-12-34-19/h2-9,12-13,21,31H,10-11,14-15H2,1H3,(H,24,29)/t21-/m0/s1. The zero-order valence-corrected chi connectivity index (χ0v) is 20.5. The van der Waals surface area contributed by atoms with Crippen LogP contribution in [0.25, 0.3) is 10.1 Å². The fourth-order valence-electron chi connectivity index (χ4n) is 4.06. The molecule has 4 amide bonds. The summed E-state index contributed by atoms with van der Waals surface area (Å²) in [4.78, 5) is 39.5. The van der Waals surface area contributed by atoms with Crippen molar-refractivity contribution in [3.8, 4) is 0 Å². The second kappa shape index (κ2) is 10.1. The van der Waals surface area contributed by atoms with Crippen molar-refractivity contribution in [3.05, 3.63) is 71.1 Å². The molecule has 0 radical (unpaired) electrons. The first kappa shape index (κ1) is 24.8. The van der Waals surface area contributed by atoms with Crippen LogP contribution in [0.2, 0.25) is 0 Å². The van der Waals surface area contributed by atoms with Gasteiger partial charge in [0.05, 0.1) is 5.75 Å². The first-order chi connectivity index (χ1) is 16.7. The highest BCUT2D eigenvalue weighted by Crippen LogP contribution is 2.28. The average Bonchev–Trinajstić information content (AvgIpc) is 3.39. The highest BCUT2D eigenvalue weighted by atomic mass is 32.2. The molecule has 2 N–H and O–H groups in total. The van der Waals surface area contributed by atoms with Gasteiger partial charge in [-0.2, -0.15) is 4.31 Å². The molecule has 12 heteroatoms. The van der Waals surface area contributed by atoms with E-state index >= 15 is 0 Å². The number of imide groups is 1. The van der Waals surface area contributed by atoms with Crippen LogP contribution in [0, 0.1) is 0 Å². The monoisotopic (exact) mass is 516 g/mol. The summed E-state index contributed by atoms with van der Waals surface area (Å²) < 4.78 is 29.4. The minimum Gasteiger partial charge on any atom is -0.318 e. The Kier molecular flexibility index (Phi) is 7.17. The van der Waals surface area contributed by atoms with Gasteiger partial charge in [-0.1, -0.05) is 36.4 Å². The third kappa shape index (κ3) is 5.20. The number of nitrogens with one attached hydrogen (secondary N) is 1. The Bertz CT molecular complexity index is 1360. The Hall–Kier alpha value is -3.32. The number of likely N-dealkylation sites (N-methyl/N-ethyl adjacent to an activating group) is 1. The molecular weight excluding hydrogens is 492 g/mol. The number of hydrogen-bond donors (Lipinski definition) is 2. The lowest BCUT2D eigenvalue weighted by Gasteiger charge is -2.31. The number of nitrogens with zero attached hydrogens (tertiary/aromatic N) is 3. The number of fused-ring (bicyclic) bond motifs is 1. The summed E-state index contributed by atoms with van der Waals surface area (Å²) in [5.41, 5.74) is 2.40. The number of carbonyl (C=O) groups is 3. The van der Waals surface area contributed by atoms with Crippen LogP contribution in [0.3, 0.4) is 0 Å². The topological polar surface area (TPSA) is 127 Å². The largest absolute Gasteiger partial charge is 0.327 e. The highest BCUT2D eigenvalue weighted by molar-refractivity contribution is 7.88. The van der Waals surface area contributed by atoms with Crippen LogP contribution in [0.5, 0.6) is 0 Å². The van der Waals surface area contributed by atoms with Gasteiger partial charge in [-0.3, -0.25) is 19.7 Å². The number of sulfonamides is 1. The third-order valence-electron chi connectivity index (χ3n) is 5.76. The maximum atomic E-state index is 13.7. The molecule has 1 aliphatic rings. The molecular formula is C23H24N4O6S2. The summed E-state index contributed by atoms with van der Waals surface area (Å²) in [7, 11) is -2.69. The molecule has 0 bridgehead atoms. The zero-order valence-electron chi connectivity index (χ0n) is 18.8. The number of thiophene rings is 1. The third-order valence-corrected chi connectivity index (χ3v) is 8.46. The zero-order chi connectivity index (χ0) is 25.2. The Balaban J connectivity index is 1.70. The lowest BCUT2D eigenvalue weighted by Crippen LogP contribution is -2.47. The number of hydrogen-bond acceptors (Lipinski definition) is 7. The lowest BCUT2D eigenvalue weighted by atomic mass is 10.1. The molecule has 1 fully saturated rings. The number of carbonyl (C=O) groups excluding carboxylic acids is 3. The van der Waals surface area contributed by atoms with Crippen LogP contribution < -0.4 is 5.48 Å². The van der Waals surface area contributed by atoms with Gasteiger partial charge >= 0.3 is 6.03 Å². The molecule has 0 aliphatic carbocycles. The van der Waals surface area contributed by atoms with Gasteiger partial charge in [-0.05, 0) is 40.1 Å². The van der Waals surface area contributed by atoms with E-state index in [4.69, 9.17) is 0 Å². The van der Waals surface area contributed by atoms with Gasteiger partial charge in [0.15, 0.2) is 0 Å². The van der Waals surface area contributed by atoms with Crippen LogP contribution in [0.4, 0.5) is 4.79 Å². The summed E-state index contributed by atoms with van der Waals surface area (Å²) in [5.74, 6) is -1.83. The highest BCUT2D eigenvalue weighted by Gasteiger charge is 2.39. The molecule has 0 unspecified atom stereocenters. The summed E-state index contributed by atoms with van der Waals surface area (Å²) in [6, 6.07) is 13.4. The molecule has 2 heterocycles. The number of urea groups is 1. The SMILES string of the molecule is CN1CC(=O)N(CCN([C@H](C(=O)NO)c2ccccc2)S(=O)(=O)Cc2ccc3sccc3c2)C1=O. The van der Waals surface area contributed by atoms with Crippen molar-refractivity contribution >= 4 is 49.3 Å². The Labute approximate surface area is 206 Å². The van der Waals surface area contributed by atoms with E-state index in [1.54, 1.807) is 47.9 Å². The molecule has 2 aromatic carbocycles. The summed E-state index contributed by atoms with van der Waals surface area (Å²) in [6.07, 6.45) is 0. The smallest absolute Gasteiger partial charge is 0.318 e. The Morgan fingerprint density at radius 2 is 1.91 bits per heavy atom. The molecule has 0 saturated carbocycles. The van der Waals surface area contributed by atoms with Gasteiger partial charge in [0, 0.05) is 24.8 Å². The van der Waals surface area contributed by atoms with Crippen LogP contribution in [0.15, 0.2) is 60.0 Å². The Morgan fingerprint density at radius 3 is 2.57 bits per heavy atom. The van der Waals surface area contributed by atoms with E-state index in [0.29, 0.717) is 11.1 Å². The van der Waals surface area contributed by atoms with E-state index in [0.717, 1.165) is 19.3 Å². The Morgan fingerprint density at radius 1 is 1.17 bits per heavy atom. The van der Waals surface area contributed by atoms with E-state index in [1.165, 1.54) is 23.3 Å². The lowest BCUT2D eigenvalue weighted by molar-refractivity contribution is -0.133. The summed E-state index contributed by atoms with van der Waals surface area (Å²) >= 11 is 1.54. The van der Waals surface area contributed by atoms with E-state index in [9.17, 15) is 28.0 Å². The van der Waals surface area contributed by atoms with Crippen LogP contribution >= 0.6 is 11.3 Å². The van der Waals surface area contributed by atoms with Crippen LogP contribution in [-0.2, 0) is 25.4 Å². The first-order valence-electron chi connectivity index (χ1n) is 10.7. The van der Waals surface area contributed by atoms with Crippen LogP contribution in [0.1, 0.15) is 17.2 Å². The quantitative estimate of drug-likeness (QED) is 0.255. The van der Waals surface area contributed by atoms with Gasteiger partial charge in [0.1, 0.15) is 12.6 Å². The van der Waals surface area contributed by atoms with E-state index in [-0.39, 0.29) is 19.6 Å². The van der Waals surface area contributed by atoms with E-state index in [2.05, 4.69) is 0 Å². The second-order valence-electron chi connectivity index (χ2n) is 8.13. The molecule has 10 nitrogen and oxygen atoms in total. The van der Waals surface area contributed by atoms with E-state index in [1.807, 2.05) is 17.5 Å². The molecule has 35 heavy (non-hydrogen) atoms. The molecule has 3 aromatic rings. The normalized spacial score (nSPS) is 15.3. The number of benzene rings is 2. The maximum Gasteiger partial charge on any atom is 0.327 e. The predicted octanol–water partition coefficient (Wildman–Crippen LogP) is 2.17. The molecule has 1 aromatic heterocycles. The second-order valence-corrected chi connectivity index (χ2v) is 11.0. The summed E-state index contributed by atoms with van der Waals surface area (Å²) in [6.45, 7) is -0.681. The van der Waals surface area contributed by atoms with Crippen molar-refractivity contribution in [2.24, 2.45) is 0 Å². The molecule has 1 aliphatic heterocycles. The van der Waals surface area contributed by atoms with Crippen molar-refractivity contribution in [1.82, 2.24) is 19.6 Å². The summed E-state index contributed by atoms with van der Waals surface area (Å²) in [5, 5.41) is 12.2. The van der Waals surface area contributed by atoms with Crippen molar-refractivity contribution in [2.75, 3.05) is 26.7 Å². The molecule has 0 spiro atoms. The van der Waals surface area contributed by atoms with Gasteiger partial charge in [-0.25, -0.2) is 18.7 Å². The number of hydroxylamine groups is 1. The van der Waals surface area contributed by atoms with Gasteiger partial charge in [-0.15, -0.1) is 11.3 Å². The fraction of sp³-hybridized carbons (Fsp3) is 0.261. The van der Waals surface area contributed by atoms with Crippen molar-refractivity contribution in [3.63, 3.8) is 0 Å². The van der Waals surface area contributed by atoms with Crippen molar-refractivity contribution in [2.45, 2.75) is 11.8 Å². The van der Waals surface area contributed by atoms with Gasteiger partial charge in [0.2, 0.25) is 15.9 Å². The van der Waals surface area contributed by atoms with Gasteiger partial charge in [0.25, 0.3) is 5.91 Å². The van der Waals surface area contributed by atoms with Crippen LogP contribution in [-0.4, -0.2) is 72.3 Å². The van der Waals surface area contributed by atoms with Crippen molar-refractivity contribution in [1.29, 1.82) is 0 Å². The minimum atomic E-state index is -4.17. The first-order valence-corrected chi connectivity index (χ1v) is 13.2.